The first-order chi connectivity index (χ1) is 11.2. The Kier molecular flexibility index (Phi) is 7.05. The number of benzene rings is 1. The van der Waals surface area contributed by atoms with Crippen molar-refractivity contribution in [2.45, 2.75) is 50.5 Å². The van der Waals surface area contributed by atoms with E-state index in [1.54, 1.807) is 7.11 Å². The van der Waals surface area contributed by atoms with Crippen LogP contribution in [-0.4, -0.2) is 34.4 Å². The summed E-state index contributed by atoms with van der Waals surface area (Å²) < 4.78 is 17.3. The van der Waals surface area contributed by atoms with Gasteiger partial charge in [-0.2, -0.15) is 0 Å². The smallest absolute Gasteiger partial charge is 0.319 e. The molecular formula is C17H26N2O3S. The van der Waals surface area contributed by atoms with Gasteiger partial charge in [-0.3, -0.25) is 4.21 Å². The maximum Gasteiger partial charge on any atom is 0.319 e. The zero-order chi connectivity index (χ0) is 16.7. The van der Waals surface area contributed by atoms with Gasteiger partial charge in [0, 0.05) is 41.0 Å². The van der Waals surface area contributed by atoms with Gasteiger partial charge in [-0.25, -0.2) is 4.79 Å². The number of carbonyl (C=O) groups is 1. The number of anilines is 1. The highest BCUT2D eigenvalue weighted by Crippen LogP contribution is 2.23. The van der Waals surface area contributed by atoms with Gasteiger partial charge in [0.1, 0.15) is 0 Å². The second-order valence-electron chi connectivity index (χ2n) is 5.79. The molecule has 0 unspecified atom stereocenters. The van der Waals surface area contributed by atoms with Gasteiger partial charge in [0.25, 0.3) is 0 Å². The Bertz CT molecular complexity index is 550. The average molecular weight is 338 g/mol. The lowest BCUT2D eigenvalue weighted by Gasteiger charge is -2.31. The molecule has 0 bridgehead atoms. The van der Waals surface area contributed by atoms with Crippen molar-refractivity contribution in [3.8, 4) is 0 Å². The summed E-state index contributed by atoms with van der Waals surface area (Å²) in [5.74, 6) is 0.640. The molecule has 1 aliphatic rings. The Hall–Kier alpha value is -1.40. The number of hydrogen-bond acceptors (Lipinski definition) is 3. The van der Waals surface area contributed by atoms with Crippen molar-refractivity contribution >= 4 is 22.5 Å². The molecule has 0 aromatic heterocycles. The van der Waals surface area contributed by atoms with Crippen LogP contribution in [0.3, 0.4) is 0 Å². The third-order valence-electron chi connectivity index (χ3n) is 4.21. The minimum atomic E-state index is -0.876. The fourth-order valence-electron chi connectivity index (χ4n) is 3.04. The molecule has 2 rings (SSSR count). The highest BCUT2D eigenvalue weighted by atomic mass is 32.2. The molecule has 0 aliphatic heterocycles. The van der Waals surface area contributed by atoms with E-state index in [0.717, 1.165) is 36.9 Å². The van der Waals surface area contributed by atoms with E-state index >= 15 is 0 Å². The molecule has 5 nitrogen and oxygen atoms in total. The second kappa shape index (κ2) is 9.03. The molecule has 6 heteroatoms. The summed E-state index contributed by atoms with van der Waals surface area (Å²) in [6.45, 7) is 2.38. The molecule has 128 valence electrons. The van der Waals surface area contributed by atoms with Gasteiger partial charge in [0.15, 0.2) is 0 Å². The van der Waals surface area contributed by atoms with Crippen molar-refractivity contribution in [3.63, 3.8) is 0 Å². The maximum atomic E-state index is 12.3. The lowest BCUT2D eigenvalue weighted by molar-refractivity contribution is 0.185. The van der Waals surface area contributed by atoms with E-state index in [2.05, 4.69) is 10.6 Å². The van der Waals surface area contributed by atoms with Crippen LogP contribution in [0.2, 0.25) is 0 Å². The Labute approximate surface area is 140 Å². The summed E-state index contributed by atoms with van der Waals surface area (Å²) in [7, 11) is 0.752. The minimum absolute atomic E-state index is 0.0147. The van der Waals surface area contributed by atoms with Gasteiger partial charge >= 0.3 is 6.03 Å². The first kappa shape index (κ1) is 17.9. The number of hydrogen-bond donors (Lipinski definition) is 2. The molecule has 0 radical (unpaired) electrons. The molecule has 1 aromatic rings. The molecule has 1 saturated carbocycles. The molecule has 2 amide bonds. The third kappa shape index (κ3) is 5.04. The summed E-state index contributed by atoms with van der Waals surface area (Å²) in [6, 6.07) is 7.33. The van der Waals surface area contributed by atoms with Crippen LogP contribution in [-0.2, 0) is 22.1 Å². The van der Waals surface area contributed by atoms with Crippen molar-refractivity contribution in [3.05, 3.63) is 29.8 Å². The monoisotopic (exact) mass is 338 g/mol. The largest absolute Gasteiger partial charge is 0.380 e. The van der Waals surface area contributed by atoms with Gasteiger partial charge in [-0.1, -0.05) is 38.0 Å². The molecule has 1 aromatic carbocycles. The third-order valence-corrected chi connectivity index (χ3v) is 6.02. The number of amides is 2. The van der Waals surface area contributed by atoms with Crippen LogP contribution in [0.15, 0.2) is 24.3 Å². The van der Waals surface area contributed by atoms with Crippen molar-refractivity contribution in [2.75, 3.05) is 18.2 Å². The number of carbonyl (C=O) groups excluding carboxylic acids is 1. The fourth-order valence-corrected chi connectivity index (χ4v) is 4.47. The van der Waals surface area contributed by atoms with Crippen molar-refractivity contribution in [2.24, 2.45) is 0 Å². The van der Waals surface area contributed by atoms with Crippen LogP contribution in [0.4, 0.5) is 10.5 Å². The Morgan fingerprint density at radius 2 is 2.04 bits per heavy atom. The lowest BCUT2D eigenvalue weighted by Crippen LogP contribution is -2.48. The summed E-state index contributed by atoms with van der Waals surface area (Å²) in [5.41, 5.74) is 1.68. The number of nitrogens with one attached hydrogen (secondary N) is 2. The summed E-state index contributed by atoms with van der Waals surface area (Å²) in [5, 5.41) is 5.97. The molecular weight excluding hydrogens is 312 g/mol. The molecule has 2 N–H and O–H groups in total. The van der Waals surface area contributed by atoms with E-state index in [1.807, 2.05) is 31.2 Å². The molecule has 0 spiro atoms. The first-order valence-corrected chi connectivity index (χ1v) is 9.55. The Morgan fingerprint density at radius 3 is 2.78 bits per heavy atom. The molecule has 0 heterocycles. The van der Waals surface area contributed by atoms with Gasteiger partial charge in [0.2, 0.25) is 0 Å². The minimum Gasteiger partial charge on any atom is -0.380 e. The number of rotatable bonds is 6. The topological polar surface area (TPSA) is 67.4 Å². The van der Waals surface area contributed by atoms with E-state index in [0.29, 0.717) is 12.4 Å². The van der Waals surface area contributed by atoms with Gasteiger partial charge < -0.3 is 15.4 Å². The van der Waals surface area contributed by atoms with Crippen molar-refractivity contribution in [1.29, 1.82) is 0 Å². The average Bonchev–Trinajstić information content (AvgIpc) is 2.56. The zero-order valence-electron chi connectivity index (χ0n) is 13.8. The Balaban J connectivity index is 1.99. The summed E-state index contributed by atoms with van der Waals surface area (Å²) in [6.07, 6.45) is 3.98. The van der Waals surface area contributed by atoms with Gasteiger partial charge in [-0.05, 0) is 18.9 Å². The first-order valence-electron chi connectivity index (χ1n) is 8.17. The quantitative estimate of drug-likeness (QED) is 0.838. The lowest BCUT2D eigenvalue weighted by atomic mass is 9.95. The highest BCUT2D eigenvalue weighted by molar-refractivity contribution is 7.85. The van der Waals surface area contributed by atoms with Gasteiger partial charge in [0.05, 0.1) is 11.9 Å². The molecule has 1 aliphatic carbocycles. The summed E-state index contributed by atoms with van der Waals surface area (Å²) in [4.78, 5) is 12.3. The summed E-state index contributed by atoms with van der Waals surface area (Å²) >= 11 is 0. The SMILES string of the molecule is CC[S@](=O)[C@@H]1CCCC[C@H]1NC(=O)Nc1ccccc1COC. The predicted octanol–water partition coefficient (Wildman–Crippen LogP) is 3.03. The number of urea groups is 1. The maximum absolute atomic E-state index is 12.3. The van der Waals surface area contributed by atoms with Gasteiger partial charge in [-0.15, -0.1) is 0 Å². The normalized spacial score (nSPS) is 22.3. The van der Waals surface area contributed by atoms with Crippen LogP contribution >= 0.6 is 0 Å². The fraction of sp³-hybridized carbons (Fsp3) is 0.588. The molecule has 0 saturated heterocycles. The van der Waals surface area contributed by atoms with E-state index < -0.39 is 10.8 Å². The number of para-hydroxylation sites is 1. The van der Waals surface area contributed by atoms with Crippen LogP contribution in [0.25, 0.3) is 0 Å². The van der Waals surface area contributed by atoms with E-state index in [4.69, 9.17) is 4.74 Å². The molecule has 1 fully saturated rings. The van der Waals surface area contributed by atoms with Crippen molar-refractivity contribution in [1.82, 2.24) is 5.32 Å². The van der Waals surface area contributed by atoms with Crippen LogP contribution in [0.1, 0.15) is 38.2 Å². The molecule has 3 atom stereocenters. The van der Waals surface area contributed by atoms with Crippen LogP contribution in [0, 0.1) is 0 Å². The standard InChI is InChI=1S/C17H26N2O3S/c1-3-23(21)16-11-7-6-10-15(16)19-17(20)18-14-9-5-4-8-13(14)12-22-2/h4-5,8-9,15-16H,3,6-7,10-12H2,1-2H3,(H2,18,19,20)/t15-,16-,23+/m1/s1. The predicted molar refractivity (Wildman–Crippen MR) is 94.0 cm³/mol. The zero-order valence-corrected chi connectivity index (χ0v) is 14.7. The highest BCUT2D eigenvalue weighted by Gasteiger charge is 2.30. The van der Waals surface area contributed by atoms with E-state index in [-0.39, 0.29) is 17.3 Å². The number of ether oxygens (including phenoxy) is 1. The Morgan fingerprint density at radius 1 is 1.30 bits per heavy atom. The molecule has 23 heavy (non-hydrogen) atoms. The van der Waals surface area contributed by atoms with Crippen LogP contribution in [0.5, 0.6) is 0 Å². The van der Waals surface area contributed by atoms with Crippen molar-refractivity contribution < 1.29 is 13.7 Å². The number of methoxy groups -OCH3 is 1. The second-order valence-corrected chi connectivity index (χ2v) is 7.73. The van der Waals surface area contributed by atoms with E-state index in [1.165, 1.54) is 0 Å². The van der Waals surface area contributed by atoms with Crippen LogP contribution < -0.4 is 10.6 Å². The van der Waals surface area contributed by atoms with E-state index in [9.17, 15) is 9.00 Å².